The Bertz CT molecular complexity index is 949. The number of carbonyl (C=O) groups is 3. The van der Waals surface area contributed by atoms with E-state index in [4.69, 9.17) is 14.2 Å². The van der Waals surface area contributed by atoms with Gasteiger partial charge in [0.15, 0.2) is 6.10 Å². The van der Waals surface area contributed by atoms with E-state index in [2.05, 4.69) is 63.3 Å². The third-order valence-electron chi connectivity index (χ3n) is 9.29. The summed E-state index contributed by atoms with van der Waals surface area (Å²) >= 11 is 0. The second-order valence-electron chi connectivity index (χ2n) is 14.6. The molecule has 53 heavy (non-hydrogen) atoms. The molecule has 0 spiro atoms. The SMILES string of the molecule is CCCC/C=C\CCCCCCCC(=O)OCC(COC(=O)CC/C=C\C/C=C\CCCCCCCC)OC(=O)CCCCCCC/C=C\CCCC. The van der Waals surface area contributed by atoms with Gasteiger partial charge in [0.05, 0.1) is 0 Å². The van der Waals surface area contributed by atoms with Gasteiger partial charge in [-0.15, -0.1) is 0 Å². The number of hydrogen-bond acceptors (Lipinski definition) is 6. The number of hydrogen-bond donors (Lipinski definition) is 0. The monoisotopic (exact) mass is 743 g/mol. The number of esters is 3. The van der Waals surface area contributed by atoms with E-state index in [1.807, 2.05) is 6.08 Å². The number of unbranched alkanes of at least 4 members (excludes halogenated alkanes) is 20. The first-order valence-electron chi connectivity index (χ1n) is 22.1. The van der Waals surface area contributed by atoms with Gasteiger partial charge in [-0.3, -0.25) is 14.4 Å². The summed E-state index contributed by atoms with van der Waals surface area (Å²) < 4.78 is 16.6. The van der Waals surface area contributed by atoms with E-state index in [1.165, 1.54) is 96.3 Å². The molecule has 0 aliphatic rings. The molecule has 6 nitrogen and oxygen atoms in total. The van der Waals surface area contributed by atoms with Crippen LogP contribution in [0, 0.1) is 0 Å². The zero-order valence-corrected chi connectivity index (χ0v) is 34.8. The van der Waals surface area contributed by atoms with Gasteiger partial charge >= 0.3 is 17.9 Å². The Morgan fingerprint density at radius 3 is 1.23 bits per heavy atom. The average molecular weight is 743 g/mol. The molecule has 6 heteroatoms. The fraction of sp³-hybridized carbons (Fsp3) is 0.766. The van der Waals surface area contributed by atoms with Crippen LogP contribution in [-0.2, 0) is 28.6 Å². The summed E-state index contributed by atoms with van der Waals surface area (Å²) in [5.74, 6) is -0.992. The lowest BCUT2D eigenvalue weighted by Gasteiger charge is -2.18. The summed E-state index contributed by atoms with van der Waals surface area (Å²) in [4.78, 5) is 37.6. The number of allylic oxidation sites excluding steroid dienone is 8. The molecular formula is C47H82O6. The van der Waals surface area contributed by atoms with Crippen LogP contribution >= 0.6 is 0 Å². The van der Waals surface area contributed by atoms with Gasteiger partial charge < -0.3 is 14.2 Å². The largest absolute Gasteiger partial charge is 0.462 e. The first-order valence-corrected chi connectivity index (χ1v) is 22.1. The lowest BCUT2D eigenvalue weighted by atomic mass is 10.1. The minimum atomic E-state index is -0.799. The van der Waals surface area contributed by atoms with Crippen LogP contribution in [0.25, 0.3) is 0 Å². The summed E-state index contributed by atoms with van der Waals surface area (Å²) in [5, 5.41) is 0. The van der Waals surface area contributed by atoms with Gasteiger partial charge in [0.1, 0.15) is 13.2 Å². The molecule has 0 fully saturated rings. The van der Waals surface area contributed by atoms with E-state index in [0.717, 1.165) is 70.6 Å². The zero-order chi connectivity index (χ0) is 38.7. The first-order chi connectivity index (χ1) is 26.0. The van der Waals surface area contributed by atoms with Crippen molar-refractivity contribution in [2.45, 2.75) is 219 Å². The highest BCUT2D eigenvalue weighted by molar-refractivity contribution is 5.71. The Morgan fingerprint density at radius 1 is 0.377 bits per heavy atom. The quantitative estimate of drug-likeness (QED) is 0.0270. The molecule has 0 aromatic heterocycles. The summed E-state index contributed by atoms with van der Waals surface area (Å²) in [6.07, 6.45) is 48.2. The Kier molecular flexibility index (Phi) is 40.0. The minimum Gasteiger partial charge on any atom is -0.462 e. The fourth-order valence-corrected chi connectivity index (χ4v) is 5.87. The maximum absolute atomic E-state index is 12.7. The van der Waals surface area contributed by atoms with Crippen molar-refractivity contribution in [1.82, 2.24) is 0 Å². The number of carbonyl (C=O) groups excluding carboxylic acids is 3. The molecule has 0 bridgehead atoms. The average Bonchev–Trinajstić information content (AvgIpc) is 3.15. The molecule has 1 atom stereocenters. The van der Waals surface area contributed by atoms with E-state index >= 15 is 0 Å². The third kappa shape index (κ3) is 40.4. The molecule has 0 heterocycles. The Labute approximate surface area is 327 Å². The maximum atomic E-state index is 12.7. The predicted molar refractivity (Wildman–Crippen MR) is 224 cm³/mol. The van der Waals surface area contributed by atoms with Crippen LogP contribution in [0.3, 0.4) is 0 Å². The van der Waals surface area contributed by atoms with Crippen LogP contribution in [0.1, 0.15) is 213 Å². The summed E-state index contributed by atoms with van der Waals surface area (Å²) in [6, 6.07) is 0. The summed E-state index contributed by atoms with van der Waals surface area (Å²) in [6.45, 7) is 6.46. The fourth-order valence-electron chi connectivity index (χ4n) is 5.87. The van der Waals surface area contributed by atoms with Crippen molar-refractivity contribution in [2.75, 3.05) is 13.2 Å². The van der Waals surface area contributed by atoms with Crippen molar-refractivity contribution in [2.24, 2.45) is 0 Å². The van der Waals surface area contributed by atoms with Crippen molar-refractivity contribution in [3.8, 4) is 0 Å². The Balaban J connectivity index is 4.47. The van der Waals surface area contributed by atoms with Crippen molar-refractivity contribution in [3.05, 3.63) is 48.6 Å². The highest BCUT2D eigenvalue weighted by atomic mass is 16.6. The Hall–Kier alpha value is -2.63. The second-order valence-corrected chi connectivity index (χ2v) is 14.6. The van der Waals surface area contributed by atoms with Gasteiger partial charge in [0.2, 0.25) is 0 Å². The summed E-state index contributed by atoms with van der Waals surface area (Å²) in [5.41, 5.74) is 0. The normalized spacial score (nSPS) is 12.4. The molecule has 0 aliphatic heterocycles. The first kappa shape index (κ1) is 50.4. The molecule has 1 unspecified atom stereocenters. The predicted octanol–water partition coefficient (Wildman–Crippen LogP) is 14.0. The van der Waals surface area contributed by atoms with Gasteiger partial charge in [0.25, 0.3) is 0 Å². The van der Waals surface area contributed by atoms with E-state index in [0.29, 0.717) is 19.3 Å². The van der Waals surface area contributed by atoms with Gasteiger partial charge in [-0.2, -0.15) is 0 Å². The molecule has 0 aromatic carbocycles. The molecule has 306 valence electrons. The molecule has 0 N–H and O–H groups in total. The molecule has 0 amide bonds. The standard InChI is InChI=1S/C47H82O6/c1-4-7-10-13-16-19-22-23-26-28-31-34-37-40-46(49)52-43-44(53-47(50)41-38-35-32-29-25-21-18-15-12-9-6-3)42-51-45(48)39-36-33-30-27-24-20-17-14-11-8-5-2/h14-15,17-18,23,26,31,34,44H,4-13,16,19-22,24-25,27-30,32-33,35-43H2,1-3H3/b17-14-,18-15-,26-23-,34-31-. The van der Waals surface area contributed by atoms with Gasteiger partial charge in [0, 0.05) is 19.3 Å². The van der Waals surface area contributed by atoms with Gasteiger partial charge in [-0.1, -0.05) is 166 Å². The molecule has 0 aromatic rings. The highest BCUT2D eigenvalue weighted by Crippen LogP contribution is 2.12. The molecule has 0 radical (unpaired) electrons. The van der Waals surface area contributed by atoms with Crippen molar-refractivity contribution in [3.63, 3.8) is 0 Å². The van der Waals surface area contributed by atoms with E-state index in [1.54, 1.807) is 0 Å². The van der Waals surface area contributed by atoms with E-state index in [-0.39, 0.29) is 37.5 Å². The number of ether oxygens (including phenoxy) is 3. The van der Waals surface area contributed by atoms with E-state index < -0.39 is 6.10 Å². The van der Waals surface area contributed by atoms with Gasteiger partial charge in [-0.25, -0.2) is 0 Å². The van der Waals surface area contributed by atoms with Crippen LogP contribution in [0.15, 0.2) is 48.6 Å². The Morgan fingerprint density at radius 2 is 0.736 bits per heavy atom. The van der Waals surface area contributed by atoms with Gasteiger partial charge in [-0.05, 0) is 77.0 Å². The van der Waals surface area contributed by atoms with Crippen LogP contribution < -0.4 is 0 Å². The topological polar surface area (TPSA) is 78.9 Å². The highest BCUT2D eigenvalue weighted by Gasteiger charge is 2.19. The van der Waals surface area contributed by atoms with Crippen LogP contribution in [0.2, 0.25) is 0 Å². The van der Waals surface area contributed by atoms with Crippen molar-refractivity contribution < 1.29 is 28.6 Å². The molecule has 0 saturated heterocycles. The lowest BCUT2D eigenvalue weighted by molar-refractivity contribution is -0.166. The summed E-state index contributed by atoms with van der Waals surface area (Å²) in [7, 11) is 0. The van der Waals surface area contributed by atoms with Crippen LogP contribution in [0.5, 0.6) is 0 Å². The third-order valence-corrected chi connectivity index (χ3v) is 9.29. The second kappa shape index (κ2) is 42.1. The number of rotatable bonds is 39. The minimum absolute atomic E-state index is 0.0982. The van der Waals surface area contributed by atoms with Crippen molar-refractivity contribution >= 4 is 17.9 Å². The smallest absolute Gasteiger partial charge is 0.306 e. The maximum Gasteiger partial charge on any atom is 0.306 e. The van der Waals surface area contributed by atoms with Crippen molar-refractivity contribution in [1.29, 1.82) is 0 Å². The molecule has 0 saturated carbocycles. The van der Waals surface area contributed by atoms with E-state index in [9.17, 15) is 14.4 Å². The zero-order valence-electron chi connectivity index (χ0n) is 34.8. The molecular weight excluding hydrogens is 661 g/mol. The molecule has 0 aliphatic carbocycles. The molecule has 0 rings (SSSR count). The lowest BCUT2D eigenvalue weighted by Crippen LogP contribution is -2.30. The van der Waals surface area contributed by atoms with Crippen LogP contribution in [0.4, 0.5) is 0 Å². The van der Waals surface area contributed by atoms with Crippen LogP contribution in [-0.4, -0.2) is 37.2 Å².